The number of non-ortho nitro benzene ring substituents is 1. The Morgan fingerprint density at radius 1 is 1.33 bits per heavy atom. The molecule has 0 aliphatic rings. The summed E-state index contributed by atoms with van der Waals surface area (Å²) in [6, 6.07) is 3.75. The van der Waals surface area contributed by atoms with Crippen LogP contribution in [0.1, 0.15) is 10.5 Å². The van der Waals surface area contributed by atoms with Crippen molar-refractivity contribution < 1.29 is 19.2 Å². The largest absolute Gasteiger partial charge is 0.464 e. The SMILES string of the molecule is COC(=O)c1cnc(Oc2cc([N+](=O)[O-])ccc2Cl)cn1. The summed E-state index contributed by atoms with van der Waals surface area (Å²) in [4.78, 5) is 29.0. The van der Waals surface area contributed by atoms with Crippen LogP contribution in [0.3, 0.4) is 0 Å². The van der Waals surface area contributed by atoms with Gasteiger partial charge in [0.05, 0.1) is 35.5 Å². The lowest BCUT2D eigenvalue weighted by Gasteiger charge is -2.06. The minimum atomic E-state index is -0.637. The molecule has 0 spiro atoms. The van der Waals surface area contributed by atoms with Crippen LogP contribution in [0.4, 0.5) is 5.69 Å². The summed E-state index contributed by atoms with van der Waals surface area (Å²) in [6.45, 7) is 0. The molecule has 1 aromatic heterocycles. The molecule has 1 heterocycles. The highest BCUT2D eigenvalue weighted by Crippen LogP contribution is 2.31. The van der Waals surface area contributed by atoms with Crippen molar-refractivity contribution in [3.8, 4) is 11.6 Å². The smallest absolute Gasteiger partial charge is 0.358 e. The minimum absolute atomic E-state index is 0.00925. The van der Waals surface area contributed by atoms with Crippen LogP contribution in [0.5, 0.6) is 11.6 Å². The van der Waals surface area contributed by atoms with E-state index in [1.165, 1.54) is 25.4 Å². The van der Waals surface area contributed by atoms with Gasteiger partial charge in [-0.15, -0.1) is 0 Å². The lowest BCUT2D eigenvalue weighted by atomic mass is 10.3. The molecular weight excluding hydrogens is 302 g/mol. The van der Waals surface area contributed by atoms with Gasteiger partial charge in [0.25, 0.3) is 5.69 Å². The third-order valence-corrected chi connectivity index (χ3v) is 2.68. The minimum Gasteiger partial charge on any atom is -0.464 e. The fraction of sp³-hybridized carbons (Fsp3) is 0.0833. The first-order chi connectivity index (χ1) is 10.0. The predicted molar refractivity (Wildman–Crippen MR) is 71.6 cm³/mol. The molecule has 8 nitrogen and oxygen atoms in total. The summed E-state index contributed by atoms with van der Waals surface area (Å²) < 4.78 is 9.78. The Bertz CT molecular complexity index is 690. The van der Waals surface area contributed by atoms with Gasteiger partial charge < -0.3 is 9.47 Å². The first kappa shape index (κ1) is 14.7. The van der Waals surface area contributed by atoms with Gasteiger partial charge in [-0.3, -0.25) is 10.1 Å². The number of carbonyl (C=O) groups excluding carboxylic acids is 1. The number of aromatic nitrogens is 2. The maximum absolute atomic E-state index is 11.2. The number of hydrogen-bond donors (Lipinski definition) is 0. The topological polar surface area (TPSA) is 104 Å². The van der Waals surface area contributed by atoms with E-state index in [2.05, 4.69) is 14.7 Å². The van der Waals surface area contributed by atoms with Crippen LogP contribution in [0.2, 0.25) is 5.02 Å². The van der Waals surface area contributed by atoms with Crippen LogP contribution in [-0.4, -0.2) is 28.0 Å². The van der Waals surface area contributed by atoms with Crippen molar-refractivity contribution in [2.24, 2.45) is 0 Å². The van der Waals surface area contributed by atoms with Crippen molar-refractivity contribution in [2.75, 3.05) is 7.11 Å². The molecule has 21 heavy (non-hydrogen) atoms. The highest BCUT2D eigenvalue weighted by molar-refractivity contribution is 6.32. The summed E-state index contributed by atoms with van der Waals surface area (Å²) in [5.41, 5.74) is -0.163. The van der Waals surface area contributed by atoms with Crippen LogP contribution < -0.4 is 4.74 Å². The van der Waals surface area contributed by atoms with Crippen molar-refractivity contribution >= 4 is 23.3 Å². The predicted octanol–water partition coefficient (Wildman–Crippen LogP) is 2.62. The normalized spacial score (nSPS) is 10.0. The summed E-state index contributed by atoms with van der Waals surface area (Å²) >= 11 is 5.89. The second kappa shape index (κ2) is 6.14. The molecule has 9 heteroatoms. The zero-order valence-electron chi connectivity index (χ0n) is 10.6. The Labute approximate surface area is 123 Å². The molecule has 2 aromatic rings. The molecule has 0 bridgehead atoms. The number of nitrogens with zero attached hydrogens (tertiary/aromatic N) is 3. The molecule has 1 aromatic carbocycles. The highest BCUT2D eigenvalue weighted by Gasteiger charge is 2.13. The van der Waals surface area contributed by atoms with Gasteiger partial charge in [-0.2, -0.15) is 0 Å². The lowest BCUT2D eigenvalue weighted by Crippen LogP contribution is -2.04. The molecule has 0 N–H and O–H groups in total. The van der Waals surface area contributed by atoms with E-state index in [1.54, 1.807) is 0 Å². The van der Waals surface area contributed by atoms with E-state index in [0.717, 1.165) is 12.3 Å². The summed E-state index contributed by atoms with van der Waals surface area (Å²) in [5, 5.41) is 10.9. The van der Waals surface area contributed by atoms with Gasteiger partial charge in [0, 0.05) is 6.07 Å². The molecule has 0 aliphatic heterocycles. The standard InChI is InChI=1S/C12H8ClN3O5/c1-20-12(17)9-5-15-11(6-14-9)21-10-4-7(16(18)19)2-3-8(10)13/h2-6H,1H3. The molecule has 0 aliphatic carbocycles. The zero-order valence-corrected chi connectivity index (χ0v) is 11.4. The summed E-state index contributed by atoms with van der Waals surface area (Å²) in [5.74, 6) is -0.543. The van der Waals surface area contributed by atoms with Crippen LogP contribution in [0.15, 0.2) is 30.6 Å². The van der Waals surface area contributed by atoms with Gasteiger partial charge in [-0.1, -0.05) is 11.6 Å². The maximum Gasteiger partial charge on any atom is 0.358 e. The van der Waals surface area contributed by atoms with Crippen LogP contribution in [-0.2, 0) is 4.74 Å². The molecular formula is C12H8ClN3O5. The zero-order chi connectivity index (χ0) is 15.4. The number of rotatable bonds is 4. The van der Waals surface area contributed by atoms with Gasteiger partial charge >= 0.3 is 5.97 Å². The van der Waals surface area contributed by atoms with Crippen LogP contribution >= 0.6 is 11.6 Å². The Kier molecular flexibility index (Phi) is 4.29. The Hall–Kier alpha value is -2.74. The average Bonchev–Trinajstić information content (AvgIpc) is 2.49. The molecule has 0 saturated heterocycles. The molecule has 108 valence electrons. The molecule has 0 atom stereocenters. The number of halogens is 1. The third kappa shape index (κ3) is 3.42. The van der Waals surface area contributed by atoms with Crippen LogP contribution in [0.25, 0.3) is 0 Å². The molecule has 0 unspecified atom stereocenters. The number of carbonyl (C=O) groups is 1. The van der Waals surface area contributed by atoms with E-state index >= 15 is 0 Å². The lowest BCUT2D eigenvalue weighted by molar-refractivity contribution is -0.384. The summed E-state index contributed by atoms with van der Waals surface area (Å²) in [6.07, 6.45) is 2.34. The quantitative estimate of drug-likeness (QED) is 0.485. The average molecular weight is 310 g/mol. The van der Waals surface area contributed by atoms with Gasteiger partial charge in [-0.05, 0) is 6.07 Å². The fourth-order valence-electron chi connectivity index (χ4n) is 1.38. The number of hydrogen-bond acceptors (Lipinski definition) is 7. The van der Waals surface area contributed by atoms with Crippen molar-refractivity contribution in [3.05, 3.63) is 51.4 Å². The number of ether oxygens (including phenoxy) is 2. The molecule has 0 amide bonds. The van der Waals surface area contributed by atoms with Crippen molar-refractivity contribution in [1.82, 2.24) is 9.97 Å². The van der Waals surface area contributed by atoms with E-state index in [0.29, 0.717) is 0 Å². The first-order valence-electron chi connectivity index (χ1n) is 5.53. The molecule has 0 radical (unpaired) electrons. The van der Waals surface area contributed by atoms with Crippen molar-refractivity contribution in [3.63, 3.8) is 0 Å². The van der Waals surface area contributed by atoms with Crippen molar-refractivity contribution in [2.45, 2.75) is 0 Å². The van der Waals surface area contributed by atoms with E-state index < -0.39 is 10.9 Å². The van der Waals surface area contributed by atoms with Gasteiger partial charge in [0.15, 0.2) is 11.4 Å². The Morgan fingerprint density at radius 2 is 2.10 bits per heavy atom. The van der Waals surface area contributed by atoms with Gasteiger partial charge in [0.1, 0.15) is 0 Å². The van der Waals surface area contributed by atoms with E-state index in [1.807, 2.05) is 0 Å². The van der Waals surface area contributed by atoms with Gasteiger partial charge in [-0.25, -0.2) is 14.8 Å². The van der Waals surface area contributed by atoms with Crippen molar-refractivity contribution in [1.29, 1.82) is 0 Å². The second-order valence-corrected chi connectivity index (χ2v) is 4.11. The van der Waals surface area contributed by atoms with Gasteiger partial charge in [0.2, 0.25) is 5.88 Å². The summed E-state index contributed by atoms with van der Waals surface area (Å²) in [7, 11) is 1.22. The molecule has 0 saturated carbocycles. The maximum atomic E-state index is 11.2. The monoisotopic (exact) mass is 309 g/mol. The fourth-order valence-corrected chi connectivity index (χ4v) is 1.53. The number of methoxy groups -OCH3 is 1. The second-order valence-electron chi connectivity index (χ2n) is 3.71. The van der Waals surface area contributed by atoms with E-state index in [9.17, 15) is 14.9 Å². The Balaban J connectivity index is 2.23. The van der Waals surface area contributed by atoms with E-state index in [4.69, 9.17) is 16.3 Å². The van der Waals surface area contributed by atoms with Crippen LogP contribution in [0, 0.1) is 10.1 Å². The number of nitro benzene ring substituents is 1. The molecule has 2 rings (SSSR count). The highest BCUT2D eigenvalue weighted by atomic mass is 35.5. The number of nitro groups is 1. The third-order valence-electron chi connectivity index (χ3n) is 2.36. The van der Waals surface area contributed by atoms with E-state index in [-0.39, 0.29) is 28.0 Å². The first-order valence-corrected chi connectivity index (χ1v) is 5.91. The molecule has 0 fully saturated rings. The number of esters is 1. The number of benzene rings is 1. The Morgan fingerprint density at radius 3 is 2.67 bits per heavy atom.